The summed E-state index contributed by atoms with van der Waals surface area (Å²) in [6, 6.07) is 23.9. The van der Waals surface area contributed by atoms with Crippen LogP contribution in [0.5, 0.6) is 0 Å². The van der Waals surface area contributed by atoms with Gasteiger partial charge in [0.2, 0.25) is 0 Å². The zero-order chi connectivity index (χ0) is 14.5. The van der Waals surface area contributed by atoms with Crippen molar-refractivity contribution < 1.29 is 0 Å². The summed E-state index contributed by atoms with van der Waals surface area (Å²) in [4.78, 5) is 0. The molecule has 0 radical (unpaired) electrons. The second-order valence-corrected chi connectivity index (χ2v) is 5.40. The molecule has 0 aliphatic heterocycles. The van der Waals surface area contributed by atoms with Crippen LogP contribution in [0.1, 0.15) is 18.9 Å². The van der Waals surface area contributed by atoms with Gasteiger partial charge in [0.15, 0.2) is 0 Å². The molecule has 1 N–H and O–H groups in total. The Hall–Kier alpha value is -2.12. The van der Waals surface area contributed by atoms with Gasteiger partial charge < -0.3 is 5.32 Å². The third kappa shape index (κ3) is 3.14. The highest BCUT2D eigenvalue weighted by Gasteiger charge is 2.05. The quantitative estimate of drug-likeness (QED) is 0.646. The van der Waals surface area contributed by atoms with E-state index >= 15 is 0 Å². The normalized spacial score (nSPS) is 10.9. The largest absolute Gasteiger partial charge is 0.313 e. The maximum Gasteiger partial charge on any atom is 0.0211 e. The minimum Gasteiger partial charge on any atom is -0.313 e. The van der Waals surface area contributed by atoms with E-state index in [-0.39, 0.29) is 0 Å². The van der Waals surface area contributed by atoms with Crippen molar-refractivity contribution in [3.63, 3.8) is 0 Å². The number of hydrogen-bond acceptors (Lipinski definition) is 1. The van der Waals surface area contributed by atoms with Gasteiger partial charge in [0.1, 0.15) is 0 Å². The molecule has 21 heavy (non-hydrogen) atoms. The van der Waals surface area contributed by atoms with E-state index in [1.807, 2.05) is 0 Å². The highest BCUT2D eigenvalue weighted by Crippen LogP contribution is 2.27. The van der Waals surface area contributed by atoms with Crippen LogP contribution in [0, 0.1) is 0 Å². The molecular formula is C20H21N. The van der Waals surface area contributed by atoms with Crippen LogP contribution in [-0.4, -0.2) is 6.54 Å². The first-order valence-corrected chi connectivity index (χ1v) is 7.66. The molecule has 1 nitrogen and oxygen atoms in total. The Morgan fingerprint density at radius 2 is 1.57 bits per heavy atom. The van der Waals surface area contributed by atoms with E-state index in [0.29, 0.717) is 0 Å². The van der Waals surface area contributed by atoms with Crippen LogP contribution in [0.15, 0.2) is 66.7 Å². The topological polar surface area (TPSA) is 12.0 Å². The maximum absolute atomic E-state index is 3.50. The molecule has 3 aromatic rings. The van der Waals surface area contributed by atoms with Gasteiger partial charge in [-0.3, -0.25) is 0 Å². The lowest BCUT2D eigenvalue weighted by Crippen LogP contribution is -2.14. The summed E-state index contributed by atoms with van der Waals surface area (Å²) >= 11 is 0. The molecule has 3 aromatic carbocycles. The molecule has 0 spiro atoms. The van der Waals surface area contributed by atoms with Crippen LogP contribution in [0.4, 0.5) is 0 Å². The fourth-order valence-corrected chi connectivity index (χ4v) is 2.71. The maximum atomic E-state index is 3.50. The molecular weight excluding hydrogens is 254 g/mol. The lowest BCUT2D eigenvalue weighted by molar-refractivity contribution is 0.676. The molecule has 0 aliphatic carbocycles. The van der Waals surface area contributed by atoms with Crippen LogP contribution < -0.4 is 5.32 Å². The highest BCUT2D eigenvalue weighted by atomic mass is 14.8. The molecule has 0 atom stereocenters. The van der Waals surface area contributed by atoms with E-state index in [0.717, 1.165) is 19.5 Å². The molecule has 0 unspecified atom stereocenters. The Morgan fingerprint density at radius 3 is 2.43 bits per heavy atom. The van der Waals surface area contributed by atoms with Crippen molar-refractivity contribution in [2.45, 2.75) is 19.9 Å². The predicted molar refractivity (Wildman–Crippen MR) is 91.4 cm³/mol. The molecule has 0 amide bonds. The third-order valence-electron chi connectivity index (χ3n) is 3.82. The Labute approximate surface area is 126 Å². The molecule has 0 heterocycles. The van der Waals surface area contributed by atoms with Crippen molar-refractivity contribution in [3.05, 3.63) is 72.3 Å². The van der Waals surface area contributed by atoms with E-state index in [1.165, 1.54) is 27.5 Å². The summed E-state index contributed by atoms with van der Waals surface area (Å²) in [5.74, 6) is 0. The SMILES string of the molecule is CCCNCc1ccccc1-c1ccc2ccccc2c1. The Bertz CT molecular complexity index is 730. The number of fused-ring (bicyclic) bond motifs is 1. The predicted octanol–water partition coefficient (Wildman–Crippen LogP) is 5.01. The van der Waals surface area contributed by atoms with E-state index < -0.39 is 0 Å². The van der Waals surface area contributed by atoms with Gasteiger partial charge in [0, 0.05) is 6.54 Å². The zero-order valence-electron chi connectivity index (χ0n) is 12.5. The number of benzene rings is 3. The molecule has 106 valence electrons. The fourth-order valence-electron chi connectivity index (χ4n) is 2.71. The summed E-state index contributed by atoms with van der Waals surface area (Å²) in [6.45, 7) is 4.19. The second-order valence-electron chi connectivity index (χ2n) is 5.40. The molecule has 0 aromatic heterocycles. The van der Waals surface area contributed by atoms with Crippen molar-refractivity contribution in [2.24, 2.45) is 0 Å². The van der Waals surface area contributed by atoms with E-state index in [1.54, 1.807) is 0 Å². The molecule has 0 saturated heterocycles. The highest BCUT2D eigenvalue weighted by molar-refractivity contribution is 5.87. The minimum absolute atomic E-state index is 0.927. The van der Waals surface area contributed by atoms with Gasteiger partial charge in [-0.05, 0) is 46.5 Å². The molecule has 0 aliphatic rings. The van der Waals surface area contributed by atoms with Gasteiger partial charge in [-0.25, -0.2) is 0 Å². The summed E-state index contributed by atoms with van der Waals surface area (Å²) in [5, 5.41) is 6.09. The average Bonchev–Trinajstić information content (AvgIpc) is 2.55. The Balaban J connectivity index is 1.97. The smallest absolute Gasteiger partial charge is 0.0211 e. The van der Waals surface area contributed by atoms with E-state index in [9.17, 15) is 0 Å². The monoisotopic (exact) mass is 275 g/mol. The number of rotatable bonds is 5. The van der Waals surface area contributed by atoms with Crippen molar-refractivity contribution in [2.75, 3.05) is 6.54 Å². The van der Waals surface area contributed by atoms with Gasteiger partial charge in [-0.2, -0.15) is 0 Å². The van der Waals surface area contributed by atoms with Crippen LogP contribution in [0.3, 0.4) is 0 Å². The molecule has 3 rings (SSSR count). The molecule has 0 saturated carbocycles. The second kappa shape index (κ2) is 6.55. The van der Waals surface area contributed by atoms with Crippen LogP contribution in [-0.2, 0) is 6.54 Å². The van der Waals surface area contributed by atoms with Gasteiger partial charge in [0.25, 0.3) is 0 Å². The van der Waals surface area contributed by atoms with Crippen molar-refractivity contribution >= 4 is 10.8 Å². The summed E-state index contributed by atoms with van der Waals surface area (Å²) in [7, 11) is 0. The van der Waals surface area contributed by atoms with Gasteiger partial charge >= 0.3 is 0 Å². The molecule has 0 bridgehead atoms. The number of nitrogens with one attached hydrogen (secondary N) is 1. The molecule has 0 fully saturated rings. The number of hydrogen-bond donors (Lipinski definition) is 1. The van der Waals surface area contributed by atoms with Crippen molar-refractivity contribution in [3.8, 4) is 11.1 Å². The Kier molecular flexibility index (Phi) is 4.32. The lowest BCUT2D eigenvalue weighted by atomic mass is 9.97. The van der Waals surface area contributed by atoms with Crippen molar-refractivity contribution in [1.29, 1.82) is 0 Å². The van der Waals surface area contributed by atoms with Gasteiger partial charge in [-0.15, -0.1) is 0 Å². The summed E-state index contributed by atoms with van der Waals surface area (Å²) in [5.41, 5.74) is 3.98. The third-order valence-corrected chi connectivity index (χ3v) is 3.82. The fraction of sp³-hybridized carbons (Fsp3) is 0.200. The van der Waals surface area contributed by atoms with E-state index in [4.69, 9.17) is 0 Å². The first-order chi connectivity index (χ1) is 10.4. The average molecular weight is 275 g/mol. The summed E-state index contributed by atoms with van der Waals surface area (Å²) < 4.78 is 0. The van der Waals surface area contributed by atoms with E-state index in [2.05, 4.69) is 79.0 Å². The van der Waals surface area contributed by atoms with Crippen molar-refractivity contribution in [1.82, 2.24) is 5.32 Å². The lowest BCUT2D eigenvalue weighted by Gasteiger charge is -2.11. The zero-order valence-corrected chi connectivity index (χ0v) is 12.5. The first-order valence-electron chi connectivity index (χ1n) is 7.66. The molecule has 1 heteroatoms. The van der Waals surface area contributed by atoms with Gasteiger partial charge in [-0.1, -0.05) is 67.6 Å². The first kappa shape index (κ1) is 13.8. The van der Waals surface area contributed by atoms with Crippen LogP contribution >= 0.6 is 0 Å². The van der Waals surface area contributed by atoms with Crippen LogP contribution in [0.25, 0.3) is 21.9 Å². The van der Waals surface area contributed by atoms with Gasteiger partial charge in [0.05, 0.1) is 0 Å². The van der Waals surface area contributed by atoms with Crippen LogP contribution in [0.2, 0.25) is 0 Å². The minimum atomic E-state index is 0.927. The summed E-state index contributed by atoms with van der Waals surface area (Å²) in [6.07, 6.45) is 1.16. The Morgan fingerprint density at radius 1 is 0.810 bits per heavy atom. The standard InChI is InChI=1S/C20H21N/c1-2-13-21-15-19-9-5-6-10-20(19)18-12-11-16-7-3-4-8-17(16)14-18/h3-12,14,21H,2,13,15H2,1H3.